The van der Waals surface area contributed by atoms with Gasteiger partial charge in [0, 0.05) is 0 Å². The Hall–Kier alpha value is -2.70. The Labute approximate surface area is 101 Å². The lowest BCUT2D eigenvalue weighted by molar-refractivity contribution is 0.0690. The molecule has 0 saturated heterocycles. The monoisotopic (exact) mass is 247 g/mol. The van der Waals surface area contributed by atoms with Crippen LogP contribution in [0.1, 0.15) is 26.7 Å². The smallest absolute Gasteiger partial charge is 0.354 e. The van der Waals surface area contributed by atoms with Crippen molar-refractivity contribution in [2.45, 2.75) is 6.92 Å². The number of aromatic carboxylic acids is 1. The van der Waals surface area contributed by atoms with Crippen molar-refractivity contribution in [1.29, 1.82) is 0 Å². The van der Waals surface area contributed by atoms with Crippen LogP contribution < -0.4 is 5.32 Å². The molecule has 7 heteroatoms. The van der Waals surface area contributed by atoms with Crippen molar-refractivity contribution in [3.8, 4) is 0 Å². The number of carbonyl (C=O) groups excluding carboxylic acids is 1. The normalized spacial score (nSPS) is 10.1. The van der Waals surface area contributed by atoms with Gasteiger partial charge in [-0.1, -0.05) is 0 Å². The summed E-state index contributed by atoms with van der Waals surface area (Å²) < 4.78 is 4.92. The summed E-state index contributed by atoms with van der Waals surface area (Å²) >= 11 is 0. The topological polar surface area (TPSA) is 105 Å². The lowest BCUT2D eigenvalue weighted by Crippen LogP contribution is -2.13. The van der Waals surface area contributed by atoms with Crippen LogP contribution in [0, 0.1) is 6.92 Å². The van der Waals surface area contributed by atoms with Crippen molar-refractivity contribution in [2.75, 3.05) is 5.32 Å². The number of hydrogen-bond donors (Lipinski definition) is 2. The second-order valence-corrected chi connectivity index (χ2v) is 3.46. The van der Waals surface area contributed by atoms with Crippen molar-refractivity contribution >= 4 is 17.6 Å². The summed E-state index contributed by atoms with van der Waals surface area (Å²) in [6.07, 6.45) is 2.43. The fraction of sp³-hybridized carbons (Fsp3) is 0.0909. The molecule has 0 aliphatic rings. The molecular weight excluding hydrogens is 238 g/mol. The van der Waals surface area contributed by atoms with E-state index in [4.69, 9.17) is 9.52 Å². The van der Waals surface area contributed by atoms with Gasteiger partial charge < -0.3 is 14.8 Å². The minimum atomic E-state index is -1.13. The summed E-state index contributed by atoms with van der Waals surface area (Å²) in [7, 11) is 0. The average Bonchev–Trinajstić information content (AvgIpc) is 2.76. The van der Waals surface area contributed by atoms with Crippen LogP contribution in [0.15, 0.2) is 29.1 Å². The van der Waals surface area contributed by atoms with Crippen LogP contribution in [0.5, 0.6) is 0 Å². The fourth-order valence-corrected chi connectivity index (χ4v) is 1.30. The van der Waals surface area contributed by atoms with Gasteiger partial charge in [0.25, 0.3) is 5.91 Å². The number of carbonyl (C=O) groups is 2. The van der Waals surface area contributed by atoms with E-state index in [1.165, 1.54) is 24.7 Å². The van der Waals surface area contributed by atoms with E-state index in [1.807, 2.05) is 0 Å². The molecule has 0 aliphatic heterocycles. The van der Waals surface area contributed by atoms with Gasteiger partial charge in [0.2, 0.25) is 5.76 Å². The number of pyridine rings is 1. The van der Waals surface area contributed by atoms with E-state index in [1.54, 1.807) is 6.92 Å². The summed E-state index contributed by atoms with van der Waals surface area (Å²) in [6, 6.07) is 2.74. The third-order valence-corrected chi connectivity index (χ3v) is 2.19. The SMILES string of the molecule is Cc1ncoc1C(=O)Nc1ccc(C(=O)O)nc1. The second-order valence-electron chi connectivity index (χ2n) is 3.46. The molecule has 0 unspecified atom stereocenters. The maximum Gasteiger partial charge on any atom is 0.354 e. The minimum absolute atomic E-state index is 0.0937. The van der Waals surface area contributed by atoms with Gasteiger partial charge in [-0.25, -0.2) is 14.8 Å². The molecule has 2 N–H and O–H groups in total. The first kappa shape index (κ1) is 11.8. The highest BCUT2D eigenvalue weighted by Crippen LogP contribution is 2.11. The van der Waals surface area contributed by atoms with Crippen LogP contribution in [0.3, 0.4) is 0 Å². The molecule has 0 spiro atoms. The molecule has 0 atom stereocenters. The Morgan fingerprint density at radius 3 is 2.61 bits per heavy atom. The number of nitrogens with one attached hydrogen (secondary N) is 1. The molecule has 2 aromatic heterocycles. The number of carboxylic acid groups (broad SMARTS) is 1. The van der Waals surface area contributed by atoms with Gasteiger partial charge in [-0.2, -0.15) is 0 Å². The van der Waals surface area contributed by atoms with Crippen LogP contribution in [0.25, 0.3) is 0 Å². The van der Waals surface area contributed by atoms with Crippen LogP contribution in [0.2, 0.25) is 0 Å². The first-order chi connectivity index (χ1) is 8.58. The lowest BCUT2D eigenvalue weighted by Gasteiger charge is -2.03. The highest BCUT2D eigenvalue weighted by Gasteiger charge is 2.14. The van der Waals surface area contributed by atoms with E-state index in [2.05, 4.69) is 15.3 Å². The van der Waals surface area contributed by atoms with Gasteiger partial charge in [0.15, 0.2) is 6.39 Å². The van der Waals surface area contributed by atoms with Crippen LogP contribution >= 0.6 is 0 Å². The zero-order valence-corrected chi connectivity index (χ0v) is 9.38. The number of amides is 1. The predicted molar refractivity (Wildman–Crippen MR) is 60.4 cm³/mol. The molecular formula is C11H9N3O4. The van der Waals surface area contributed by atoms with E-state index < -0.39 is 11.9 Å². The van der Waals surface area contributed by atoms with E-state index >= 15 is 0 Å². The molecule has 2 rings (SSSR count). The number of aromatic nitrogens is 2. The molecule has 0 radical (unpaired) electrons. The van der Waals surface area contributed by atoms with Gasteiger partial charge in [0.05, 0.1) is 17.6 Å². The molecule has 0 aliphatic carbocycles. The van der Waals surface area contributed by atoms with Crippen molar-refractivity contribution in [1.82, 2.24) is 9.97 Å². The average molecular weight is 247 g/mol. The largest absolute Gasteiger partial charge is 0.477 e. The van der Waals surface area contributed by atoms with Crippen molar-refractivity contribution < 1.29 is 19.1 Å². The van der Waals surface area contributed by atoms with E-state index in [-0.39, 0.29) is 11.5 Å². The summed E-state index contributed by atoms with van der Waals surface area (Å²) in [6.45, 7) is 1.64. The van der Waals surface area contributed by atoms with Gasteiger partial charge in [0.1, 0.15) is 5.69 Å². The van der Waals surface area contributed by atoms with E-state index in [0.717, 1.165) is 0 Å². The standard InChI is InChI=1S/C11H9N3O4/c1-6-9(18-5-13-6)10(15)14-7-2-3-8(11(16)17)12-4-7/h2-5H,1H3,(H,14,15)(H,16,17). The summed E-state index contributed by atoms with van der Waals surface area (Å²) in [4.78, 5) is 29.8. The van der Waals surface area contributed by atoms with Crippen LogP contribution in [-0.4, -0.2) is 27.0 Å². The number of hydrogen-bond acceptors (Lipinski definition) is 5. The number of oxazole rings is 1. The molecule has 7 nitrogen and oxygen atoms in total. The molecule has 0 fully saturated rings. The number of rotatable bonds is 3. The molecule has 2 aromatic rings. The Balaban J connectivity index is 2.13. The van der Waals surface area contributed by atoms with E-state index in [0.29, 0.717) is 11.4 Å². The molecule has 18 heavy (non-hydrogen) atoms. The van der Waals surface area contributed by atoms with Gasteiger partial charge in [-0.15, -0.1) is 0 Å². The Morgan fingerprint density at radius 1 is 1.33 bits per heavy atom. The van der Waals surface area contributed by atoms with Crippen molar-refractivity contribution in [3.63, 3.8) is 0 Å². The fourth-order valence-electron chi connectivity index (χ4n) is 1.30. The first-order valence-corrected chi connectivity index (χ1v) is 4.98. The number of nitrogens with zero attached hydrogens (tertiary/aromatic N) is 2. The minimum Gasteiger partial charge on any atom is -0.477 e. The van der Waals surface area contributed by atoms with E-state index in [9.17, 15) is 9.59 Å². The van der Waals surface area contributed by atoms with Crippen LogP contribution in [-0.2, 0) is 0 Å². The van der Waals surface area contributed by atoms with Gasteiger partial charge >= 0.3 is 5.97 Å². The summed E-state index contributed by atoms with van der Waals surface area (Å²) in [5.74, 6) is -1.48. The summed E-state index contributed by atoms with van der Waals surface area (Å²) in [5.41, 5.74) is 0.757. The molecule has 92 valence electrons. The van der Waals surface area contributed by atoms with Crippen molar-refractivity contribution in [2.24, 2.45) is 0 Å². The third-order valence-electron chi connectivity index (χ3n) is 2.19. The second kappa shape index (κ2) is 4.66. The quantitative estimate of drug-likeness (QED) is 0.847. The number of aryl methyl sites for hydroxylation is 1. The Morgan fingerprint density at radius 2 is 2.11 bits per heavy atom. The van der Waals surface area contributed by atoms with Gasteiger partial charge in [-0.3, -0.25) is 4.79 Å². The number of anilines is 1. The molecule has 0 saturated carbocycles. The zero-order valence-electron chi connectivity index (χ0n) is 9.38. The predicted octanol–water partition coefficient (Wildman–Crippen LogP) is 1.33. The third kappa shape index (κ3) is 2.34. The lowest BCUT2D eigenvalue weighted by atomic mass is 10.3. The number of carboxylic acids is 1. The van der Waals surface area contributed by atoms with Gasteiger partial charge in [-0.05, 0) is 19.1 Å². The van der Waals surface area contributed by atoms with Crippen LogP contribution in [0.4, 0.5) is 5.69 Å². The highest BCUT2D eigenvalue weighted by molar-refractivity contribution is 6.02. The van der Waals surface area contributed by atoms with Crippen molar-refractivity contribution in [3.05, 3.63) is 41.9 Å². The molecule has 0 bridgehead atoms. The Kier molecular flexibility index (Phi) is 3.05. The Bertz CT molecular complexity index is 589. The summed E-state index contributed by atoms with van der Waals surface area (Å²) in [5, 5.41) is 11.2. The maximum absolute atomic E-state index is 11.7. The molecule has 1 amide bonds. The highest BCUT2D eigenvalue weighted by atomic mass is 16.4. The molecule has 2 heterocycles. The molecule has 0 aromatic carbocycles. The zero-order chi connectivity index (χ0) is 13.1. The maximum atomic E-state index is 11.7. The first-order valence-electron chi connectivity index (χ1n) is 4.98.